The van der Waals surface area contributed by atoms with Crippen molar-refractivity contribution in [1.82, 2.24) is 10.3 Å². The number of benzene rings is 3. The van der Waals surface area contributed by atoms with Gasteiger partial charge in [-0.15, -0.1) is 4.40 Å². The first kappa shape index (κ1) is 24.7. The molecular formula is C24H21Cl2N5O3S. The number of halogens is 2. The van der Waals surface area contributed by atoms with Gasteiger partial charge in [-0.25, -0.2) is 5.01 Å². The largest absolute Gasteiger partial charge is 0.368 e. The first-order chi connectivity index (χ1) is 16.7. The van der Waals surface area contributed by atoms with E-state index in [1.165, 1.54) is 29.3 Å². The highest BCUT2D eigenvalue weighted by Crippen LogP contribution is 2.30. The van der Waals surface area contributed by atoms with Crippen molar-refractivity contribution in [3.8, 4) is 0 Å². The minimum atomic E-state index is -4.15. The van der Waals surface area contributed by atoms with E-state index in [1.807, 2.05) is 42.5 Å². The van der Waals surface area contributed by atoms with Crippen LogP contribution in [0.1, 0.15) is 17.0 Å². The summed E-state index contributed by atoms with van der Waals surface area (Å²) >= 11 is 11.9. The van der Waals surface area contributed by atoms with Crippen LogP contribution in [0.15, 0.2) is 93.3 Å². The number of hydrazone groups is 1. The molecule has 35 heavy (non-hydrogen) atoms. The fourth-order valence-electron chi connectivity index (χ4n) is 3.57. The molecule has 0 saturated carbocycles. The minimum Gasteiger partial charge on any atom is -0.368 e. The van der Waals surface area contributed by atoms with Crippen LogP contribution in [-0.4, -0.2) is 44.1 Å². The molecule has 3 N–H and O–H groups in total. The summed E-state index contributed by atoms with van der Waals surface area (Å²) in [6.45, 7) is -0.0457. The molecule has 1 heterocycles. The molecule has 0 aliphatic carbocycles. The second-order valence-electron chi connectivity index (χ2n) is 7.70. The van der Waals surface area contributed by atoms with E-state index in [0.717, 1.165) is 11.1 Å². The Bertz CT molecular complexity index is 1380. The monoisotopic (exact) mass is 529 g/mol. The third-order valence-electron chi connectivity index (χ3n) is 5.24. The molecule has 8 nitrogen and oxygen atoms in total. The lowest BCUT2D eigenvalue weighted by Crippen LogP contribution is -2.42. The molecule has 180 valence electrons. The van der Waals surface area contributed by atoms with Crippen LogP contribution in [0, 0.1) is 0 Å². The molecule has 0 radical (unpaired) electrons. The van der Waals surface area contributed by atoms with Gasteiger partial charge in [0.15, 0.2) is 0 Å². The molecule has 0 spiro atoms. The van der Waals surface area contributed by atoms with Crippen molar-refractivity contribution >= 4 is 50.8 Å². The molecule has 1 aliphatic rings. The second kappa shape index (κ2) is 10.5. The summed E-state index contributed by atoms with van der Waals surface area (Å²) in [5, 5.41) is 9.81. The number of amides is 1. The van der Waals surface area contributed by atoms with E-state index in [0.29, 0.717) is 15.8 Å². The van der Waals surface area contributed by atoms with Gasteiger partial charge in [-0.05, 0) is 47.5 Å². The number of nitrogens with one attached hydrogen (secondary N) is 1. The highest BCUT2D eigenvalue weighted by atomic mass is 35.5. The normalized spacial score (nSPS) is 16.2. The maximum Gasteiger partial charge on any atom is 0.285 e. The zero-order valence-corrected chi connectivity index (χ0v) is 20.6. The lowest BCUT2D eigenvalue weighted by molar-refractivity contribution is -0.117. The summed E-state index contributed by atoms with van der Waals surface area (Å²) in [6, 6.07) is 22.5. The molecule has 1 aliphatic heterocycles. The van der Waals surface area contributed by atoms with Crippen LogP contribution < -0.4 is 11.1 Å². The fourth-order valence-corrected chi connectivity index (χ4v) is 4.80. The average molecular weight is 530 g/mol. The van der Waals surface area contributed by atoms with Crippen LogP contribution in [0.2, 0.25) is 10.0 Å². The Morgan fingerprint density at radius 2 is 1.60 bits per heavy atom. The maximum absolute atomic E-state index is 13.0. The van der Waals surface area contributed by atoms with E-state index in [4.69, 9.17) is 34.0 Å². The lowest BCUT2D eigenvalue weighted by atomic mass is 9.91. The van der Waals surface area contributed by atoms with Gasteiger partial charge in [0.25, 0.3) is 10.0 Å². The van der Waals surface area contributed by atoms with Gasteiger partial charge in [0.05, 0.1) is 23.7 Å². The number of hydrogen-bond donors (Lipinski definition) is 2. The molecule has 1 atom stereocenters. The van der Waals surface area contributed by atoms with Gasteiger partial charge in [-0.3, -0.25) is 4.79 Å². The zero-order valence-electron chi connectivity index (χ0n) is 18.3. The van der Waals surface area contributed by atoms with Crippen LogP contribution in [0.3, 0.4) is 0 Å². The summed E-state index contributed by atoms with van der Waals surface area (Å²) in [6.07, 6.45) is 0. The van der Waals surface area contributed by atoms with Gasteiger partial charge >= 0.3 is 0 Å². The van der Waals surface area contributed by atoms with Gasteiger partial charge in [0, 0.05) is 16.0 Å². The second-order valence-corrected chi connectivity index (χ2v) is 10.2. The summed E-state index contributed by atoms with van der Waals surface area (Å²) in [4.78, 5) is 11.4. The molecule has 0 fully saturated rings. The topological polar surface area (TPSA) is 117 Å². The Morgan fingerprint density at radius 1 is 1.00 bits per heavy atom. The Balaban J connectivity index is 1.77. The number of guanidine groups is 1. The quantitative estimate of drug-likeness (QED) is 0.373. The van der Waals surface area contributed by atoms with Crippen molar-refractivity contribution in [2.45, 2.75) is 10.8 Å². The van der Waals surface area contributed by atoms with Crippen LogP contribution in [0.4, 0.5) is 0 Å². The smallest absolute Gasteiger partial charge is 0.285 e. The highest BCUT2D eigenvalue weighted by Gasteiger charge is 2.32. The number of nitrogens with two attached hydrogens (primary N) is 1. The van der Waals surface area contributed by atoms with Crippen LogP contribution >= 0.6 is 23.2 Å². The highest BCUT2D eigenvalue weighted by molar-refractivity contribution is 7.90. The Morgan fingerprint density at radius 3 is 2.20 bits per heavy atom. The van der Waals surface area contributed by atoms with Gasteiger partial charge in [-0.2, -0.15) is 13.5 Å². The minimum absolute atomic E-state index is 0.0546. The Hall–Kier alpha value is -3.40. The number of carbonyl (C=O) groups is 1. The van der Waals surface area contributed by atoms with Gasteiger partial charge < -0.3 is 11.1 Å². The Kier molecular flexibility index (Phi) is 7.39. The SMILES string of the molecule is NC(=O)CN/C(=N\S(=O)(=O)c1ccc(Cl)cc1)N1C[C@@H](c2ccccc2)C(c2ccc(Cl)cc2)=N1. The third kappa shape index (κ3) is 6.00. The number of sulfonamides is 1. The van der Waals surface area contributed by atoms with Gasteiger partial charge in [-0.1, -0.05) is 65.7 Å². The maximum atomic E-state index is 13.0. The average Bonchev–Trinajstić information content (AvgIpc) is 3.28. The number of nitrogens with zero attached hydrogens (tertiary/aromatic N) is 3. The molecular weight excluding hydrogens is 509 g/mol. The Labute approximate surface area is 213 Å². The van der Waals surface area contributed by atoms with E-state index in [-0.39, 0.29) is 29.9 Å². The van der Waals surface area contributed by atoms with Crippen molar-refractivity contribution in [1.29, 1.82) is 0 Å². The first-order valence-electron chi connectivity index (χ1n) is 10.5. The summed E-state index contributed by atoms with van der Waals surface area (Å²) in [5.74, 6) is -0.998. The predicted molar refractivity (Wildman–Crippen MR) is 137 cm³/mol. The van der Waals surface area contributed by atoms with Gasteiger partial charge in [0.1, 0.15) is 0 Å². The van der Waals surface area contributed by atoms with E-state index in [2.05, 4.69) is 9.71 Å². The summed E-state index contributed by atoms with van der Waals surface area (Å²) < 4.78 is 30.0. The van der Waals surface area contributed by atoms with E-state index in [9.17, 15) is 13.2 Å². The van der Waals surface area contributed by atoms with Crippen molar-refractivity contribution in [3.63, 3.8) is 0 Å². The molecule has 0 bridgehead atoms. The molecule has 4 rings (SSSR count). The fraction of sp³-hybridized carbons (Fsp3) is 0.125. The lowest BCUT2D eigenvalue weighted by Gasteiger charge is -2.19. The van der Waals surface area contributed by atoms with Crippen LogP contribution in [0.5, 0.6) is 0 Å². The van der Waals surface area contributed by atoms with E-state index < -0.39 is 15.9 Å². The van der Waals surface area contributed by atoms with Crippen LogP contribution in [0.25, 0.3) is 0 Å². The van der Waals surface area contributed by atoms with Crippen molar-refractivity contribution in [3.05, 3.63) is 100 Å². The first-order valence-corrected chi connectivity index (χ1v) is 12.7. The summed E-state index contributed by atoms with van der Waals surface area (Å²) in [5.41, 5.74) is 7.80. The third-order valence-corrected chi connectivity index (χ3v) is 7.02. The van der Waals surface area contributed by atoms with Crippen molar-refractivity contribution in [2.24, 2.45) is 15.2 Å². The molecule has 0 unspecified atom stereocenters. The summed E-state index contributed by atoms with van der Waals surface area (Å²) in [7, 11) is -4.15. The number of carbonyl (C=O) groups excluding carboxylic acids is 1. The molecule has 0 saturated heterocycles. The molecule has 3 aromatic rings. The molecule has 1 amide bonds. The molecule has 11 heteroatoms. The standard InChI is InChI=1S/C24H21Cl2N5O3S/c25-18-8-6-17(7-9-18)23-21(16-4-2-1-3-5-16)15-31(29-23)24(28-14-22(27)32)30-35(33,34)20-12-10-19(26)11-13-20/h1-13,21H,14-15H2,(H2,27,32)(H,28,30)/t21-/m0/s1. The van der Waals surface area contributed by atoms with Crippen LogP contribution in [-0.2, 0) is 14.8 Å². The predicted octanol–water partition coefficient (Wildman–Crippen LogP) is 3.62. The van der Waals surface area contributed by atoms with Crippen molar-refractivity contribution < 1.29 is 13.2 Å². The van der Waals surface area contributed by atoms with E-state index >= 15 is 0 Å². The zero-order chi connectivity index (χ0) is 25.0. The van der Waals surface area contributed by atoms with E-state index in [1.54, 1.807) is 12.1 Å². The number of hydrogen-bond acceptors (Lipinski definition) is 4. The number of rotatable bonds is 6. The van der Waals surface area contributed by atoms with Gasteiger partial charge in [0.2, 0.25) is 11.9 Å². The molecule has 3 aromatic carbocycles. The molecule has 0 aromatic heterocycles. The number of primary amides is 1. The van der Waals surface area contributed by atoms with Crippen molar-refractivity contribution in [2.75, 3.05) is 13.1 Å².